The van der Waals surface area contributed by atoms with Gasteiger partial charge in [0.15, 0.2) is 19.8 Å². The highest BCUT2D eigenvalue weighted by Gasteiger charge is 2.37. The van der Waals surface area contributed by atoms with Crippen LogP contribution in [0.1, 0.15) is 26.6 Å². The molecule has 6 nitrogen and oxygen atoms in total. The summed E-state index contributed by atoms with van der Waals surface area (Å²) in [6.07, 6.45) is 0.737. The molecule has 0 spiro atoms. The number of fused-ring (bicyclic) bond motifs is 2. The van der Waals surface area contributed by atoms with Crippen molar-refractivity contribution in [3.8, 4) is 11.5 Å². The van der Waals surface area contributed by atoms with Crippen LogP contribution in [0.25, 0.3) is 11.0 Å². The van der Waals surface area contributed by atoms with Crippen LogP contribution in [0.2, 0.25) is 18.1 Å². The molecular weight excluding hydrogens is 346 g/mol. The van der Waals surface area contributed by atoms with E-state index in [4.69, 9.17) is 24.6 Å². The molecule has 0 aliphatic carbocycles. The number of aromatic nitrogens is 2. The molecule has 0 unspecified atom stereocenters. The van der Waals surface area contributed by atoms with Gasteiger partial charge in [-0.25, -0.2) is 4.98 Å². The lowest BCUT2D eigenvalue weighted by Crippen LogP contribution is -2.41. The van der Waals surface area contributed by atoms with Crippen LogP contribution in [0.15, 0.2) is 12.1 Å². The predicted octanol–water partition coefficient (Wildman–Crippen LogP) is 3.33. The second kappa shape index (κ2) is 7.21. The fourth-order valence-electron chi connectivity index (χ4n) is 2.89. The van der Waals surface area contributed by atoms with Crippen LogP contribution >= 0.6 is 0 Å². The monoisotopic (exact) mass is 377 g/mol. The van der Waals surface area contributed by atoms with E-state index in [1.165, 1.54) is 0 Å². The Morgan fingerprint density at radius 1 is 1.19 bits per heavy atom. The van der Waals surface area contributed by atoms with Crippen LogP contribution in [0.4, 0.5) is 0 Å². The van der Waals surface area contributed by atoms with Crippen molar-refractivity contribution in [2.45, 2.75) is 51.9 Å². The highest BCUT2D eigenvalue weighted by molar-refractivity contribution is 6.74. The highest BCUT2D eigenvalue weighted by atomic mass is 28.4. The van der Waals surface area contributed by atoms with E-state index in [0.717, 1.165) is 41.3 Å². The molecule has 1 aliphatic heterocycles. The highest BCUT2D eigenvalue weighted by Crippen LogP contribution is 2.37. The largest absolute Gasteiger partial charge is 0.486 e. The predicted molar refractivity (Wildman–Crippen MR) is 107 cm³/mol. The van der Waals surface area contributed by atoms with Gasteiger partial charge >= 0.3 is 0 Å². The summed E-state index contributed by atoms with van der Waals surface area (Å²) in [6.45, 7) is 14.5. The van der Waals surface area contributed by atoms with Crippen LogP contribution in [0.3, 0.4) is 0 Å². The molecule has 0 fully saturated rings. The molecule has 0 amide bonds. The average Bonchev–Trinajstić information content (AvgIpc) is 2.88. The lowest BCUT2D eigenvalue weighted by atomic mass is 10.2. The summed E-state index contributed by atoms with van der Waals surface area (Å²) in [5.74, 6) is 2.54. The molecule has 0 bridgehead atoms. The Bertz CT molecular complexity index is 780. The third kappa shape index (κ3) is 3.75. The van der Waals surface area contributed by atoms with Gasteiger partial charge in [0.05, 0.1) is 17.6 Å². The van der Waals surface area contributed by atoms with Gasteiger partial charge < -0.3 is 24.2 Å². The topological polar surface area (TPSA) is 71.5 Å². The van der Waals surface area contributed by atoms with Gasteiger partial charge in [0.25, 0.3) is 0 Å². The third-order valence-corrected chi connectivity index (χ3v) is 9.98. The fraction of sp³-hybridized carbons (Fsp3) is 0.632. The molecule has 1 aromatic heterocycles. The standard InChI is InChI=1S/C19H31N3O3Si/c1-19(2,3)26(4,5)25-9-8-22-15-13-17-16(23-10-11-24-17)12-14(15)21-18(22)6-7-20/h12-13H,6-11,20H2,1-5H3. The van der Waals surface area contributed by atoms with Crippen LogP contribution in [-0.4, -0.2) is 44.2 Å². The summed E-state index contributed by atoms with van der Waals surface area (Å²) in [5.41, 5.74) is 7.77. The molecule has 0 saturated carbocycles. The summed E-state index contributed by atoms with van der Waals surface area (Å²) in [6, 6.07) is 4.00. The average molecular weight is 378 g/mol. The molecule has 0 saturated heterocycles. The third-order valence-electron chi connectivity index (χ3n) is 5.44. The van der Waals surface area contributed by atoms with E-state index in [0.29, 0.717) is 26.4 Å². The molecule has 2 aromatic rings. The lowest BCUT2D eigenvalue weighted by molar-refractivity contribution is 0.172. The van der Waals surface area contributed by atoms with Crippen molar-refractivity contribution in [3.05, 3.63) is 18.0 Å². The van der Waals surface area contributed by atoms with E-state index in [1.807, 2.05) is 12.1 Å². The van der Waals surface area contributed by atoms with Gasteiger partial charge in [0.2, 0.25) is 0 Å². The Labute approximate surface area is 156 Å². The van der Waals surface area contributed by atoms with E-state index in [9.17, 15) is 0 Å². The number of imidazole rings is 1. The normalized spacial score (nSPS) is 14.8. The molecule has 0 atom stereocenters. The van der Waals surface area contributed by atoms with Crippen molar-refractivity contribution in [1.82, 2.24) is 9.55 Å². The maximum Gasteiger partial charge on any atom is 0.192 e. The van der Waals surface area contributed by atoms with Crippen molar-refractivity contribution in [3.63, 3.8) is 0 Å². The summed E-state index contributed by atoms with van der Waals surface area (Å²) >= 11 is 0. The van der Waals surface area contributed by atoms with Gasteiger partial charge in [-0.15, -0.1) is 0 Å². The van der Waals surface area contributed by atoms with E-state index in [1.54, 1.807) is 0 Å². The van der Waals surface area contributed by atoms with Crippen molar-refractivity contribution in [2.24, 2.45) is 5.73 Å². The summed E-state index contributed by atoms with van der Waals surface area (Å²) in [7, 11) is -1.77. The van der Waals surface area contributed by atoms with Crippen molar-refractivity contribution in [1.29, 1.82) is 0 Å². The molecule has 7 heteroatoms. The number of nitrogens with two attached hydrogens (primary N) is 1. The van der Waals surface area contributed by atoms with Crippen LogP contribution in [-0.2, 0) is 17.4 Å². The van der Waals surface area contributed by atoms with Crippen molar-refractivity contribution in [2.75, 3.05) is 26.4 Å². The number of benzene rings is 1. The molecule has 1 aliphatic rings. The Hall–Kier alpha value is -1.57. The maximum atomic E-state index is 6.37. The molecule has 26 heavy (non-hydrogen) atoms. The molecule has 0 radical (unpaired) electrons. The van der Waals surface area contributed by atoms with Gasteiger partial charge in [-0.1, -0.05) is 20.8 Å². The zero-order valence-corrected chi connectivity index (χ0v) is 17.6. The van der Waals surface area contributed by atoms with E-state index in [2.05, 4.69) is 38.4 Å². The van der Waals surface area contributed by atoms with Gasteiger partial charge in [0, 0.05) is 25.1 Å². The Morgan fingerprint density at radius 2 is 1.85 bits per heavy atom. The van der Waals surface area contributed by atoms with E-state index in [-0.39, 0.29) is 5.04 Å². The number of nitrogens with zero attached hydrogens (tertiary/aromatic N) is 2. The van der Waals surface area contributed by atoms with Crippen molar-refractivity contribution >= 4 is 19.4 Å². The van der Waals surface area contributed by atoms with Gasteiger partial charge in [-0.05, 0) is 24.7 Å². The Balaban J connectivity index is 1.87. The minimum Gasteiger partial charge on any atom is -0.486 e. The second-order valence-corrected chi connectivity index (χ2v) is 13.1. The number of hydrogen-bond donors (Lipinski definition) is 1. The first kappa shape index (κ1) is 19.2. The van der Waals surface area contributed by atoms with Crippen LogP contribution < -0.4 is 15.2 Å². The first-order valence-corrected chi connectivity index (χ1v) is 12.3. The zero-order chi connectivity index (χ0) is 18.9. The molecule has 3 rings (SSSR count). The summed E-state index contributed by atoms with van der Waals surface area (Å²) in [4.78, 5) is 4.78. The molecule has 144 valence electrons. The lowest BCUT2D eigenvalue weighted by Gasteiger charge is -2.36. The quantitative estimate of drug-likeness (QED) is 0.782. The molecular formula is C19H31N3O3Si. The second-order valence-electron chi connectivity index (χ2n) is 8.31. The maximum absolute atomic E-state index is 6.37. The first-order chi connectivity index (χ1) is 12.2. The number of hydrogen-bond acceptors (Lipinski definition) is 5. The van der Waals surface area contributed by atoms with Gasteiger partial charge in [-0.3, -0.25) is 0 Å². The Morgan fingerprint density at radius 3 is 2.46 bits per heavy atom. The van der Waals surface area contributed by atoms with E-state index < -0.39 is 8.32 Å². The minimum atomic E-state index is -1.77. The van der Waals surface area contributed by atoms with Crippen LogP contribution in [0.5, 0.6) is 11.5 Å². The molecule has 2 heterocycles. The Kier molecular flexibility index (Phi) is 5.32. The van der Waals surface area contributed by atoms with Crippen molar-refractivity contribution < 1.29 is 13.9 Å². The smallest absolute Gasteiger partial charge is 0.192 e. The molecule has 1 aromatic carbocycles. The van der Waals surface area contributed by atoms with Crippen LogP contribution in [0, 0.1) is 0 Å². The summed E-state index contributed by atoms with van der Waals surface area (Å²) < 4.78 is 20.0. The van der Waals surface area contributed by atoms with Gasteiger partial charge in [0.1, 0.15) is 19.0 Å². The zero-order valence-electron chi connectivity index (χ0n) is 16.6. The fourth-order valence-corrected chi connectivity index (χ4v) is 3.92. The number of ether oxygens (including phenoxy) is 2. The first-order valence-electron chi connectivity index (χ1n) is 9.36. The minimum absolute atomic E-state index is 0.203. The summed E-state index contributed by atoms with van der Waals surface area (Å²) in [5, 5.41) is 0.203. The molecule has 2 N–H and O–H groups in total. The SMILES string of the molecule is CC(C)(C)[Si](C)(C)OCCn1c(CCN)nc2cc3c(cc21)OCCO3. The number of rotatable bonds is 6. The van der Waals surface area contributed by atoms with E-state index >= 15 is 0 Å². The van der Waals surface area contributed by atoms with Gasteiger partial charge in [-0.2, -0.15) is 0 Å².